The van der Waals surface area contributed by atoms with Crippen LogP contribution < -0.4 is 10.1 Å². The fourth-order valence-corrected chi connectivity index (χ4v) is 5.84. The lowest BCUT2D eigenvalue weighted by atomic mass is 9.93. The van der Waals surface area contributed by atoms with Crippen molar-refractivity contribution < 1.29 is 18.7 Å². The zero-order valence-corrected chi connectivity index (χ0v) is 27.8. The van der Waals surface area contributed by atoms with Gasteiger partial charge in [0.25, 0.3) is 0 Å². The normalized spacial score (nSPS) is 11.5. The number of furan rings is 1. The van der Waals surface area contributed by atoms with Gasteiger partial charge in [-0.05, 0) is 90.6 Å². The first-order valence-corrected chi connectivity index (χ1v) is 16.6. The maximum Gasteiger partial charge on any atom is 0.305 e. The van der Waals surface area contributed by atoms with E-state index in [9.17, 15) is 4.79 Å². The number of para-hydroxylation sites is 1. The highest BCUT2D eigenvalue weighted by atomic mass is 16.5. The van der Waals surface area contributed by atoms with Crippen molar-refractivity contribution in [3.63, 3.8) is 0 Å². The van der Waals surface area contributed by atoms with E-state index in [2.05, 4.69) is 106 Å². The SMILES string of the molecule is CCOC(=O)CCCOc1ccccc1-c1cc2ccc(NC(c3ccc(CC(C)C)cc3)c3ccc(CC(C)C)cc3)cc2o1. The molecule has 4 aromatic carbocycles. The predicted octanol–water partition coefficient (Wildman–Crippen LogP) is 10.4. The number of nitrogens with one attached hydrogen (secondary N) is 1. The summed E-state index contributed by atoms with van der Waals surface area (Å²) in [5.41, 5.74) is 7.83. The highest BCUT2D eigenvalue weighted by Gasteiger charge is 2.17. The molecule has 5 aromatic rings. The molecule has 0 fully saturated rings. The second-order valence-electron chi connectivity index (χ2n) is 12.9. The summed E-state index contributed by atoms with van der Waals surface area (Å²) in [6.07, 6.45) is 3.06. The Hall–Kier alpha value is -4.51. The molecule has 240 valence electrons. The van der Waals surface area contributed by atoms with E-state index in [1.54, 1.807) is 0 Å². The van der Waals surface area contributed by atoms with E-state index in [1.165, 1.54) is 22.3 Å². The number of hydrogen-bond acceptors (Lipinski definition) is 5. The maximum absolute atomic E-state index is 11.7. The third kappa shape index (κ3) is 8.81. The molecule has 0 atom stereocenters. The standard InChI is InChI=1S/C41H47NO4/c1-6-44-40(43)12-9-23-45-37-11-8-7-10-36(37)39-26-34-21-22-35(27-38(34)46-39)42-41(32-17-13-30(14-18-32)24-28(2)3)33-19-15-31(16-20-33)25-29(4)5/h7-8,10-11,13-22,26-29,41-42H,6,9,12,23-25H2,1-5H3. The first kappa shape index (κ1) is 32.9. The second kappa shape index (κ2) is 15.7. The summed E-state index contributed by atoms with van der Waals surface area (Å²) < 4.78 is 17.5. The molecule has 1 heterocycles. The van der Waals surface area contributed by atoms with Crippen molar-refractivity contribution in [2.45, 2.75) is 66.3 Å². The zero-order valence-electron chi connectivity index (χ0n) is 27.8. The summed E-state index contributed by atoms with van der Waals surface area (Å²) in [5, 5.41) is 4.83. The maximum atomic E-state index is 11.7. The minimum absolute atomic E-state index is 0.0168. The first-order chi connectivity index (χ1) is 22.3. The molecule has 1 aromatic heterocycles. The van der Waals surface area contributed by atoms with Crippen molar-refractivity contribution in [1.29, 1.82) is 0 Å². The van der Waals surface area contributed by atoms with E-state index in [-0.39, 0.29) is 12.0 Å². The number of hydrogen-bond donors (Lipinski definition) is 1. The van der Waals surface area contributed by atoms with Gasteiger partial charge >= 0.3 is 5.97 Å². The van der Waals surface area contributed by atoms with E-state index in [1.807, 2.05) is 31.2 Å². The number of rotatable bonds is 15. The van der Waals surface area contributed by atoms with Crippen molar-refractivity contribution in [2.24, 2.45) is 11.8 Å². The van der Waals surface area contributed by atoms with Gasteiger partial charge in [-0.1, -0.05) is 88.4 Å². The van der Waals surface area contributed by atoms with Gasteiger partial charge in [-0.3, -0.25) is 4.79 Å². The minimum Gasteiger partial charge on any atom is -0.493 e. The van der Waals surface area contributed by atoms with Crippen LogP contribution in [0.3, 0.4) is 0 Å². The monoisotopic (exact) mass is 617 g/mol. The molecular weight excluding hydrogens is 570 g/mol. The summed E-state index contributed by atoms with van der Waals surface area (Å²) in [4.78, 5) is 11.7. The Kier molecular flexibility index (Phi) is 11.2. The number of benzene rings is 4. The molecule has 5 rings (SSSR count). The molecule has 5 nitrogen and oxygen atoms in total. The second-order valence-corrected chi connectivity index (χ2v) is 12.9. The van der Waals surface area contributed by atoms with Crippen LogP contribution in [0.1, 0.15) is 75.8 Å². The summed E-state index contributed by atoms with van der Waals surface area (Å²) >= 11 is 0. The van der Waals surface area contributed by atoms with Crippen LogP contribution in [0.15, 0.2) is 101 Å². The van der Waals surface area contributed by atoms with Crippen molar-refractivity contribution in [3.05, 3.63) is 119 Å². The molecule has 0 amide bonds. The van der Waals surface area contributed by atoms with Crippen molar-refractivity contribution in [2.75, 3.05) is 18.5 Å². The van der Waals surface area contributed by atoms with Gasteiger partial charge in [-0.15, -0.1) is 0 Å². The molecule has 1 N–H and O–H groups in total. The number of esters is 1. The summed E-state index contributed by atoms with van der Waals surface area (Å²) in [5.74, 6) is 2.51. The van der Waals surface area contributed by atoms with Gasteiger partial charge in [-0.2, -0.15) is 0 Å². The molecule has 0 bridgehead atoms. The van der Waals surface area contributed by atoms with Crippen molar-refractivity contribution in [3.8, 4) is 17.1 Å². The molecule has 0 unspecified atom stereocenters. The number of anilines is 1. The summed E-state index contributed by atoms with van der Waals surface area (Å²) in [7, 11) is 0. The Morgan fingerprint density at radius 1 is 0.783 bits per heavy atom. The number of fused-ring (bicyclic) bond motifs is 1. The quantitative estimate of drug-likeness (QED) is 0.0935. The van der Waals surface area contributed by atoms with Crippen LogP contribution in [-0.4, -0.2) is 19.2 Å². The van der Waals surface area contributed by atoms with Gasteiger partial charge in [0.2, 0.25) is 0 Å². The number of carbonyl (C=O) groups excluding carboxylic acids is 1. The molecule has 0 aliphatic rings. The van der Waals surface area contributed by atoms with Gasteiger partial charge in [0.1, 0.15) is 17.1 Å². The fourth-order valence-electron chi connectivity index (χ4n) is 5.84. The Morgan fingerprint density at radius 2 is 1.41 bits per heavy atom. The number of ether oxygens (including phenoxy) is 2. The summed E-state index contributed by atoms with van der Waals surface area (Å²) in [6, 6.07) is 34.2. The third-order valence-electron chi connectivity index (χ3n) is 7.99. The van der Waals surface area contributed by atoms with Crippen molar-refractivity contribution in [1.82, 2.24) is 0 Å². The average molecular weight is 618 g/mol. The Balaban J connectivity index is 1.38. The smallest absolute Gasteiger partial charge is 0.305 e. The molecule has 0 saturated heterocycles. The van der Waals surface area contributed by atoms with Crippen molar-refractivity contribution >= 4 is 22.6 Å². The summed E-state index contributed by atoms with van der Waals surface area (Å²) in [6.45, 7) is 11.7. The Bertz CT molecular complexity index is 1650. The molecule has 0 aliphatic carbocycles. The highest BCUT2D eigenvalue weighted by molar-refractivity contribution is 5.86. The molecule has 0 saturated carbocycles. The third-order valence-corrected chi connectivity index (χ3v) is 7.99. The first-order valence-electron chi connectivity index (χ1n) is 16.6. The van der Waals surface area contributed by atoms with Gasteiger partial charge in [-0.25, -0.2) is 0 Å². The van der Waals surface area contributed by atoms with Gasteiger partial charge in [0, 0.05) is 23.6 Å². The molecule has 0 radical (unpaired) electrons. The van der Waals surface area contributed by atoms with Gasteiger partial charge in [0.05, 0.1) is 24.8 Å². The van der Waals surface area contributed by atoms with Crippen LogP contribution in [0.2, 0.25) is 0 Å². The lowest BCUT2D eigenvalue weighted by Crippen LogP contribution is -2.12. The van der Waals surface area contributed by atoms with Crippen LogP contribution in [0.5, 0.6) is 5.75 Å². The predicted molar refractivity (Wildman–Crippen MR) is 188 cm³/mol. The van der Waals surface area contributed by atoms with Crippen LogP contribution in [-0.2, 0) is 22.4 Å². The zero-order chi connectivity index (χ0) is 32.5. The van der Waals surface area contributed by atoms with E-state index in [4.69, 9.17) is 13.9 Å². The Morgan fingerprint density at radius 3 is 2.02 bits per heavy atom. The van der Waals surface area contributed by atoms with Crippen LogP contribution in [0.4, 0.5) is 5.69 Å². The number of carbonyl (C=O) groups is 1. The van der Waals surface area contributed by atoms with Crippen LogP contribution >= 0.6 is 0 Å². The highest BCUT2D eigenvalue weighted by Crippen LogP contribution is 2.36. The molecule has 0 aliphatic heterocycles. The van der Waals surface area contributed by atoms with E-state index in [0.717, 1.165) is 46.6 Å². The fraction of sp³-hybridized carbons (Fsp3) is 0.341. The molecular formula is C41H47NO4. The lowest BCUT2D eigenvalue weighted by Gasteiger charge is -2.22. The van der Waals surface area contributed by atoms with Gasteiger partial charge in [0.15, 0.2) is 0 Å². The van der Waals surface area contributed by atoms with E-state index in [0.29, 0.717) is 37.9 Å². The molecule has 46 heavy (non-hydrogen) atoms. The van der Waals surface area contributed by atoms with Crippen LogP contribution in [0.25, 0.3) is 22.3 Å². The topological polar surface area (TPSA) is 60.7 Å². The lowest BCUT2D eigenvalue weighted by molar-refractivity contribution is -0.143. The molecule has 5 heteroatoms. The van der Waals surface area contributed by atoms with E-state index < -0.39 is 0 Å². The van der Waals surface area contributed by atoms with Gasteiger partial charge < -0.3 is 19.2 Å². The van der Waals surface area contributed by atoms with Crippen LogP contribution in [0, 0.1) is 11.8 Å². The van der Waals surface area contributed by atoms with E-state index >= 15 is 0 Å². The molecule has 0 spiro atoms. The Labute approximate surface area is 273 Å². The minimum atomic E-state index is -0.199. The average Bonchev–Trinajstić information content (AvgIpc) is 3.46. The largest absolute Gasteiger partial charge is 0.493 e.